The summed E-state index contributed by atoms with van der Waals surface area (Å²) in [5, 5.41) is 3.73. The second-order valence-corrected chi connectivity index (χ2v) is 7.67. The first kappa shape index (κ1) is 19.0. The third-order valence-corrected chi connectivity index (χ3v) is 5.73. The summed E-state index contributed by atoms with van der Waals surface area (Å²) in [7, 11) is 1.83. The van der Waals surface area contributed by atoms with Gasteiger partial charge in [-0.25, -0.2) is 0 Å². The lowest BCUT2D eigenvalue weighted by Gasteiger charge is -2.45. The van der Waals surface area contributed by atoms with Crippen LogP contribution in [0.3, 0.4) is 0 Å². The van der Waals surface area contributed by atoms with E-state index in [-0.39, 0.29) is 0 Å². The summed E-state index contributed by atoms with van der Waals surface area (Å²) in [4.78, 5) is 0. The quantitative estimate of drug-likeness (QED) is 0.611. The van der Waals surface area contributed by atoms with Crippen LogP contribution in [0.1, 0.15) is 79.1 Å². The highest BCUT2D eigenvalue weighted by molar-refractivity contribution is 4.91. The number of ether oxygens (including phenoxy) is 1. The van der Waals surface area contributed by atoms with Gasteiger partial charge in [0.25, 0.3) is 0 Å². The summed E-state index contributed by atoms with van der Waals surface area (Å²) < 4.78 is 5.33. The molecule has 0 bridgehead atoms. The maximum Gasteiger partial charge on any atom is 0.0465 e. The van der Waals surface area contributed by atoms with Gasteiger partial charge in [0.2, 0.25) is 0 Å². The first-order valence-electron chi connectivity index (χ1n) is 9.26. The van der Waals surface area contributed by atoms with Crippen molar-refractivity contribution in [2.24, 2.45) is 17.3 Å². The largest absolute Gasteiger partial charge is 0.385 e. The van der Waals surface area contributed by atoms with E-state index in [0.29, 0.717) is 11.5 Å². The van der Waals surface area contributed by atoms with Gasteiger partial charge < -0.3 is 10.1 Å². The lowest BCUT2D eigenvalue weighted by atomic mass is 9.62. The molecule has 126 valence electrons. The molecule has 0 spiro atoms. The second kappa shape index (κ2) is 9.84. The Hall–Kier alpha value is -0.0800. The molecule has 0 aliphatic heterocycles. The molecule has 1 fully saturated rings. The molecule has 0 saturated heterocycles. The van der Waals surface area contributed by atoms with Crippen LogP contribution in [0.2, 0.25) is 0 Å². The molecule has 0 aromatic rings. The molecule has 0 aromatic carbocycles. The number of unbranched alkanes of at least 4 members (excludes halogenated alkanes) is 1. The van der Waals surface area contributed by atoms with Crippen LogP contribution < -0.4 is 5.32 Å². The number of hydrogen-bond donors (Lipinski definition) is 1. The Morgan fingerprint density at radius 2 is 1.86 bits per heavy atom. The van der Waals surface area contributed by atoms with Gasteiger partial charge in [-0.2, -0.15) is 0 Å². The summed E-state index contributed by atoms with van der Waals surface area (Å²) in [6.07, 6.45) is 11.1. The molecule has 2 nitrogen and oxygen atoms in total. The smallest absolute Gasteiger partial charge is 0.0465 e. The molecule has 1 aliphatic carbocycles. The number of hydrogen-bond acceptors (Lipinski definition) is 2. The Balaban J connectivity index is 2.57. The molecule has 1 aliphatic rings. The van der Waals surface area contributed by atoms with Crippen LogP contribution in [0, 0.1) is 17.3 Å². The molecule has 21 heavy (non-hydrogen) atoms. The lowest BCUT2D eigenvalue weighted by molar-refractivity contribution is 0.0533. The summed E-state index contributed by atoms with van der Waals surface area (Å²) >= 11 is 0. The van der Waals surface area contributed by atoms with Gasteiger partial charge in [0, 0.05) is 26.3 Å². The SMILES string of the molecule is CCCCC1CCC(CNC(C)C)(C(C)CCOC)CC1. The topological polar surface area (TPSA) is 21.3 Å². The monoisotopic (exact) mass is 297 g/mol. The van der Waals surface area contributed by atoms with E-state index in [0.717, 1.165) is 18.4 Å². The van der Waals surface area contributed by atoms with E-state index >= 15 is 0 Å². The first-order valence-corrected chi connectivity index (χ1v) is 9.26. The summed E-state index contributed by atoms with van der Waals surface area (Å²) in [5.41, 5.74) is 0.505. The molecule has 1 saturated carbocycles. The number of rotatable bonds is 10. The van der Waals surface area contributed by atoms with Crippen molar-refractivity contribution in [1.82, 2.24) is 5.32 Å². The van der Waals surface area contributed by atoms with Crippen molar-refractivity contribution in [2.75, 3.05) is 20.3 Å². The van der Waals surface area contributed by atoms with Crippen LogP contribution in [0.25, 0.3) is 0 Å². The molecule has 0 aromatic heterocycles. The van der Waals surface area contributed by atoms with Gasteiger partial charge in [-0.05, 0) is 49.4 Å². The van der Waals surface area contributed by atoms with Crippen molar-refractivity contribution in [1.29, 1.82) is 0 Å². The van der Waals surface area contributed by atoms with E-state index in [1.165, 1.54) is 57.9 Å². The maximum atomic E-state index is 5.33. The average molecular weight is 298 g/mol. The zero-order valence-corrected chi connectivity index (χ0v) is 15.2. The van der Waals surface area contributed by atoms with Gasteiger partial charge in [0.15, 0.2) is 0 Å². The van der Waals surface area contributed by atoms with Gasteiger partial charge in [0.05, 0.1) is 0 Å². The minimum atomic E-state index is 0.505. The fraction of sp³-hybridized carbons (Fsp3) is 1.00. The lowest BCUT2D eigenvalue weighted by Crippen LogP contribution is -2.44. The number of methoxy groups -OCH3 is 1. The van der Waals surface area contributed by atoms with Crippen LogP contribution in [0.5, 0.6) is 0 Å². The van der Waals surface area contributed by atoms with Gasteiger partial charge >= 0.3 is 0 Å². The summed E-state index contributed by atoms with van der Waals surface area (Å²) in [6.45, 7) is 11.4. The zero-order chi connectivity index (χ0) is 15.7. The molecule has 1 rings (SSSR count). The Labute approximate surface area is 133 Å². The summed E-state index contributed by atoms with van der Waals surface area (Å²) in [6, 6.07) is 0.592. The first-order chi connectivity index (χ1) is 10.0. The van der Waals surface area contributed by atoms with Crippen LogP contribution >= 0.6 is 0 Å². The summed E-state index contributed by atoms with van der Waals surface area (Å²) in [5.74, 6) is 1.75. The van der Waals surface area contributed by atoms with Gasteiger partial charge in [0.1, 0.15) is 0 Å². The highest BCUT2D eigenvalue weighted by Crippen LogP contribution is 2.46. The zero-order valence-electron chi connectivity index (χ0n) is 15.2. The molecule has 1 atom stereocenters. The molecule has 0 radical (unpaired) electrons. The van der Waals surface area contributed by atoms with Crippen molar-refractivity contribution in [2.45, 2.75) is 85.1 Å². The second-order valence-electron chi connectivity index (χ2n) is 7.67. The van der Waals surface area contributed by atoms with Crippen LogP contribution in [-0.2, 0) is 4.74 Å². The van der Waals surface area contributed by atoms with Crippen molar-refractivity contribution >= 4 is 0 Å². The highest BCUT2D eigenvalue weighted by atomic mass is 16.5. The van der Waals surface area contributed by atoms with Crippen molar-refractivity contribution < 1.29 is 4.74 Å². The third-order valence-electron chi connectivity index (χ3n) is 5.73. The molecular formula is C19H39NO. The normalized spacial score (nSPS) is 28.0. The van der Waals surface area contributed by atoms with Gasteiger partial charge in [-0.15, -0.1) is 0 Å². The highest BCUT2D eigenvalue weighted by Gasteiger charge is 2.39. The Bertz CT molecular complexity index is 256. The Morgan fingerprint density at radius 3 is 2.38 bits per heavy atom. The van der Waals surface area contributed by atoms with E-state index in [1.54, 1.807) is 0 Å². The third kappa shape index (κ3) is 6.28. The fourth-order valence-corrected chi connectivity index (χ4v) is 3.89. The number of nitrogens with one attached hydrogen (secondary N) is 1. The Morgan fingerprint density at radius 1 is 1.19 bits per heavy atom. The van der Waals surface area contributed by atoms with E-state index < -0.39 is 0 Å². The van der Waals surface area contributed by atoms with Gasteiger partial charge in [-0.3, -0.25) is 0 Å². The van der Waals surface area contributed by atoms with Crippen LogP contribution in [0.4, 0.5) is 0 Å². The molecular weight excluding hydrogens is 258 g/mol. The van der Waals surface area contributed by atoms with Gasteiger partial charge in [-0.1, -0.05) is 47.0 Å². The average Bonchev–Trinajstić information content (AvgIpc) is 2.49. The standard InChI is InChI=1S/C19H39NO/c1-6-7-8-18-9-12-19(13-10-18,15-20-16(2)3)17(4)11-14-21-5/h16-18,20H,6-15H2,1-5H3. The van der Waals surface area contributed by atoms with Crippen molar-refractivity contribution in [3.63, 3.8) is 0 Å². The minimum Gasteiger partial charge on any atom is -0.385 e. The van der Waals surface area contributed by atoms with Crippen molar-refractivity contribution in [3.8, 4) is 0 Å². The van der Waals surface area contributed by atoms with E-state index in [1.807, 2.05) is 7.11 Å². The van der Waals surface area contributed by atoms with Crippen LogP contribution in [0.15, 0.2) is 0 Å². The van der Waals surface area contributed by atoms with E-state index in [9.17, 15) is 0 Å². The minimum absolute atomic E-state index is 0.505. The molecule has 0 heterocycles. The molecule has 1 N–H and O–H groups in total. The van der Waals surface area contributed by atoms with E-state index in [2.05, 4.69) is 33.0 Å². The fourth-order valence-electron chi connectivity index (χ4n) is 3.89. The predicted octanol–water partition coefficient (Wildman–Crippen LogP) is 5.02. The molecule has 2 heteroatoms. The van der Waals surface area contributed by atoms with Crippen molar-refractivity contribution in [3.05, 3.63) is 0 Å². The molecule has 0 amide bonds. The molecule has 1 unspecified atom stereocenters. The predicted molar refractivity (Wildman–Crippen MR) is 92.7 cm³/mol. The maximum absolute atomic E-state index is 5.33. The van der Waals surface area contributed by atoms with Crippen LogP contribution in [-0.4, -0.2) is 26.3 Å². The Kier molecular flexibility index (Phi) is 8.89. The van der Waals surface area contributed by atoms with E-state index in [4.69, 9.17) is 4.74 Å².